The third-order valence-electron chi connectivity index (χ3n) is 4.59. The van der Waals surface area contributed by atoms with Crippen molar-refractivity contribution in [1.29, 1.82) is 0 Å². The minimum atomic E-state index is -1.02. The van der Waals surface area contributed by atoms with E-state index >= 15 is 0 Å². The summed E-state index contributed by atoms with van der Waals surface area (Å²) in [4.78, 5) is 38.4. The molecule has 3 rings (SSSR count). The summed E-state index contributed by atoms with van der Waals surface area (Å²) >= 11 is 0. The number of likely N-dealkylation sites (tertiary alicyclic amines) is 1. The number of carbonyl (C=O) groups is 3. The van der Waals surface area contributed by atoms with Gasteiger partial charge in [0.1, 0.15) is 0 Å². The zero-order valence-electron chi connectivity index (χ0n) is 12.8. The van der Waals surface area contributed by atoms with Crippen LogP contribution >= 0.6 is 0 Å². The second kappa shape index (κ2) is 5.91. The van der Waals surface area contributed by atoms with Crippen LogP contribution in [0.4, 0.5) is 4.79 Å². The highest BCUT2D eigenvalue weighted by atomic mass is 16.6. The Balaban J connectivity index is 1.73. The number of carbonyl (C=O) groups excluding carboxylic acids is 2. The normalized spacial score (nSPS) is 24.0. The standard InChI is InChI=1S/C16H18N2O5/c1-17-13-8-18(7-6-12(13)9-23-16(17)22)14(19)10-2-4-11(5-3-10)15(20)21/h2-5,12-13H,6-9H2,1H3,(H,20,21)/t12-,13+/m0/s1. The molecule has 7 heteroatoms. The smallest absolute Gasteiger partial charge is 0.409 e. The molecule has 0 aliphatic carbocycles. The highest BCUT2D eigenvalue weighted by Crippen LogP contribution is 2.27. The molecule has 1 aromatic rings. The van der Waals surface area contributed by atoms with Crippen LogP contribution in [0.2, 0.25) is 0 Å². The summed E-state index contributed by atoms with van der Waals surface area (Å²) in [5.74, 6) is -0.920. The summed E-state index contributed by atoms with van der Waals surface area (Å²) in [6, 6.07) is 5.86. The summed E-state index contributed by atoms with van der Waals surface area (Å²) in [6.45, 7) is 1.48. The Morgan fingerprint density at radius 3 is 2.52 bits per heavy atom. The van der Waals surface area contributed by atoms with E-state index in [1.54, 1.807) is 16.8 Å². The number of hydrogen-bond donors (Lipinski definition) is 1. The van der Waals surface area contributed by atoms with Crippen molar-refractivity contribution in [3.63, 3.8) is 0 Å². The highest BCUT2D eigenvalue weighted by Gasteiger charge is 2.40. The van der Waals surface area contributed by atoms with Gasteiger partial charge < -0.3 is 19.6 Å². The zero-order chi connectivity index (χ0) is 16.6. The van der Waals surface area contributed by atoms with Gasteiger partial charge >= 0.3 is 12.1 Å². The number of aromatic carboxylic acids is 1. The van der Waals surface area contributed by atoms with Gasteiger partial charge in [-0.3, -0.25) is 4.79 Å². The van der Waals surface area contributed by atoms with Gasteiger partial charge in [0.2, 0.25) is 0 Å². The van der Waals surface area contributed by atoms with Gasteiger partial charge in [0, 0.05) is 31.6 Å². The number of rotatable bonds is 2. The molecule has 23 heavy (non-hydrogen) atoms. The number of piperidine rings is 1. The number of benzene rings is 1. The van der Waals surface area contributed by atoms with Gasteiger partial charge in [0.25, 0.3) is 5.91 Å². The quantitative estimate of drug-likeness (QED) is 0.888. The van der Waals surface area contributed by atoms with E-state index in [-0.39, 0.29) is 29.5 Å². The first kappa shape index (κ1) is 15.3. The van der Waals surface area contributed by atoms with Gasteiger partial charge in [0.05, 0.1) is 18.2 Å². The Labute approximate surface area is 133 Å². The topological polar surface area (TPSA) is 87.2 Å². The molecule has 2 atom stereocenters. The average Bonchev–Trinajstić information content (AvgIpc) is 2.57. The van der Waals surface area contributed by atoms with Crippen molar-refractivity contribution < 1.29 is 24.2 Å². The lowest BCUT2D eigenvalue weighted by Crippen LogP contribution is -2.58. The molecule has 0 aromatic heterocycles. The monoisotopic (exact) mass is 318 g/mol. The molecule has 1 aromatic carbocycles. The molecule has 122 valence electrons. The molecule has 2 amide bonds. The van der Waals surface area contributed by atoms with E-state index in [9.17, 15) is 14.4 Å². The van der Waals surface area contributed by atoms with Crippen molar-refractivity contribution in [2.24, 2.45) is 5.92 Å². The molecule has 0 saturated carbocycles. The van der Waals surface area contributed by atoms with E-state index in [0.717, 1.165) is 6.42 Å². The predicted octanol–water partition coefficient (Wildman–Crippen LogP) is 1.30. The Morgan fingerprint density at radius 1 is 1.22 bits per heavy atom. The molecule has 2 aliphatic rings. The third kappa shape index (κ3) is 2.86. The first-order valence-corrected chi connectivity index (χ1v) is 7.49. The van der Waals surface area contributed by atoms with Crippen LogP contribution in [0.3, 0.4) is 0 Å². The maximum Gasteiger partial charge on any atom is 0.409 e. The molecule has 2 heterocycles. The van der Waals surface area contributed by atoms with Crippen molar-refractivity contribution in [2.75, 3.05) is 26.7 Å². The Bertz CT molecular complexity index is 642. The maximum absolute atomic E-state index is 12.6. The summed E-state index contributed by atoms with van der Waals surface area (Å²) in [5, 5.41) is 8.90. The number of ether oxygens (including phenoxy) is 1. The Kier molecular flexibility index (Phi) is 3.94. The first-order chi connectivity index (χ1) is 11.0. The van der Waals surface area contributed by atoms with Gasteiger partial charge in [-0.15, -0.1) is 0 Å². The number of hydrogen-bond acceptors (Lipinski definition) is 4. The van der Waals surface area contributed by atoms with E-state index < -0.39 is 5.97 Å². The summed E-state index contributed by atoms with van der Waals surface area (Å²) in [5.41, 5.74) is 0.601. The van der Waals surface area contributed by atoms with E-state index in [1.807, 2.05) is 0 Å². The molecular weight excluding hydrogens is 300 g/mol. The van der Waals surface area contributed by atoms with Gasteiger partial charge in [0.15, 0.2) is 0 Å². The van der Waals surface area contributed by atoms with E-state index in [2.05, 4.69) is 0 Å². The highest BCUT2D eigenvalue weighted by molar-refractivity contribution is 5.96. The Hall–Kier alpha value is -2.57. The van der Waals surface area contributed by atoms with Crippen LogP contribution in [-0.2, 0) is 4.74 Å². The van der Waals surface area contributed by atoms with Crippen LogP contribution in [-0.4, -0.2) is 65.7 Å². The van der Waals surface area contributed by atoms with Crippen LogP contribution in [0.25, 0.3) is 0 Å². The number of carboxylic acids is 1. The summed E-state index contributed by atoms with van der Waals surface area (Å²) in [7, 11) is 1.69. The minimum Gasteiger partial charge on any atom is -0.478 e. The predicted molar refractivity (Wildman–Crippen MR) is 80.3 cm³/mol. The number of fused-ring (bicyclic) bond motifs is 1. The second-order valence-electron chi connectivity index (χ2n) is 5.94. The molecule has 0 bridgehead atoms. The van der Waals surface area contributed by atoms with Crippen molar-refractivity contribution in [3.05, 3.63) is 35.4 Å². The summed E-state index contributed by atoms with van der Waals surface area (Å²) < 4.78 is 5.10. The fourth-order valence-corrected chi connectivity index (χ4v) is 3.15. The van der Waals surface area contributed by atoms with E-state index in [1.165, 1.54) is 24.3 Å². The third-order valence-corrected chi connectivity index (χ3v) is 4.59. The zero-order valence-corrected chi connectivity index (χ0v) is 12.8. The molecule has 1 N–H and O–H groups in total. The van der Waals surface area contributed by atoms with E-state index in [0.29, 0.717) is 25.3 Å². The summed E-state index contributed by atoms with van der Waals surface area (Å²) in [6.07, 6.45) is 0.424. The second-order valence-corrected chi connectivity index (χ2v) is 5.94. The van der Waals surface area contributed by atoms with Gasteiger partial charge in [-0.25, -0.2) is 9.59 Å². The van der Waals surface area contributed by atoms with Crippen LogP contribution < -0.4 is 0 Å². The van der Waals surface area contributed by atoms with Crippen molar-refractivity contribution in [1.82, 2.24) is 9.80 Å². The van der Waals surface area contributed by atoms with Crippen LogP contribution in [0.1, 0.15) is 27.1 Å². The molecule has 0 unspecified atom stereocenters. The van der Waals surface area contributed by atoms with Gasteiger partial charge in [-0.05, 0) is 30.7 Å². The van der Waals surface area contributed by atoms with Crippen LogP contribution in [0.5, 0.6) is 0 Å². The largest absolute Gasteiger partial charge is 0.478 e. The molecule has 0 radical (unpaired) electrons. The lowest BCUT2D eigenvalue weighted by atomic mass is 9.90. The fourth-order valence-electron chi connectivity index (χ4n) is 3.15. The van der Waals surface area contributed by atoms with Gasteiger partial charge in [-0.2, -0.15) is 0 Å². The lowest BCUT2D eigenvalue weighted by molar-refractivity contribution is -0.0150. The fraction of sp³-hybridized carbons (Fsp3) is 0.438. The first-order valence-electron chi connectivity index (χ1n) is 7.49. The number of cyclic esters (lactones) is 1. The minimum absolute atomic E-state index is 0.0350. The van der Waals surface area contributed by atoms with Crippen LogP contribution in [0, 0.1) is 5.92 Å². The van der Waals surface area contributed by atoms with Crippen molar-refractivity contribution in [2.45, 2.75) is 12.5 Å². The number of nitrogens with zero attached hydrogens (tertiary/aromatic N) is 2. The molecule has 2 fully saturated rings. The Morgan fingerprint density at radius 2 is 1.87 bits per heavy atom. The van der Waals surface area contributed by atoms with Crippen molar-refractivity contribution in [3.8, 4) is 0 Å². The van der Waals surface area contributed by atoms with Crippen LogP contribution in [0.15, 0.2) is 24.3 Å². The molecule has 2 aliphatic heterocycles. The lowest BCUT2D eigenvalue weighted by Gasteiger charge is -2.45. The van der Waals surface area contributed by atoms with Gasteiger partial charge in [-0.1, -0.05) is 0 Å². The SMILES string of the molecule is CN1C(=O)OC[C@@H]2CCN(C(=O)c3ccc(C(=O)O)cc3)C[C@H]21. The molecule has 0 spiro atoms. The maximum atomic E-state index is 12.6. The molecular formula is C16H18N2O5. The number of likely N-dealkylation sites (N-methyl/N-ethyl adjacent to an activating group) is 1. The molecule has 7 nitrogen and oxygen atoms in total. The average molecular weight is 318 g/mol. The number of amides is 2. The van der Waals surface area contributed by atoms with E-state index in [4.69, 9.17) is 9.84 Å². The van der Waals surface area contributed by atoms with Crippen molar-refractivity contribution >= 4 is 18.0 Å². The number of carboxylic acid groups (broad SMARTS) is 1. The molecule has 2 saturated heterocycles.